The number of unbranched alkanes of at least 4 members (excludes halogenated alkanes) is 16. The molecule has 0 radical (unpaired) electrons. The third kappa shape index (κ3) is 22.5. The van der Waals surface area contributed by atoms with Crippen molar-refractivity contribution in [2.24, 2.45) is 0 Å². The van der Waals surface area contributed by atoms with Crippen LogP contribution < -0.4 is 9.47 Å². The largest absolute Gasteiger partial charge is 2.00 e. The molecule has 0 aliphatic heterocycles. The topological polar surface area (TPSA) is 133 Å². The quantitative estimate of drug-likeness (QED) is 0.0346. The summed E-state index contributed by atoms with van der Waals surface area (Å²) in [4.78, 5) is -0.570. The fraction of sp³-hybridized carbons (Fsp3) is 0.478. The molecule has 0 spiro atoms. The van der Waals surface area contributed by atoms with E-state index in [0.717, 1.165) is 12.8 Å². The molecule has 308 valence electrons. The standard InChI is InChI=1S/2C23H32O4S.Ca/c2*1-2-3-4-5-6-7-8-9-10-12-20-15-17-21(18-16-20)27-22-13-11-14-23(19-22)28(24,25)26;/h2*11,13-19H,2-10,12H2,1H3,(H,24,25,26);/q;;+2/p-2. The molecule has 4 aromatic rings. The molecule has 0 heterocycles. The summed E-state index contributed by atoms with van der Waals surface area (Å²) in [5.41, 5.74) is 2.54. The SMILES string of the molecule is CCCCCCCCCCCc1ccc(Oc2cccc(S(=O)(=O)[O-])c2)cc1.CCCCCCCCCCCc1ccc(Oc2cccc(S(=O)(=O)[O-])c2)cc1.[Ca+2]. The monoisotopic (exact) mass is 846 g/mol. The number of rotatable bonds is 26. The second kappa shape index (κ2) is 28.9. The molecule has 0 aromatic heterocycles. The maximum Gasteiger partial charge on any atom is 2.00 e. The van der Waals surface area contributed by atoms with Gasteiger partial charge in [-0.05, 0) is 97.5 Å². The minimum atomic E-state index is -4.48. The molecule has 57 heavy (non-hydrogen) atoms. The first-order valence-electron chi connectivity index (χ1n) is 20.6. The molecule has 0 aliphatic rings. The van der Waals surface area contributed by atoms with Gasteiger partial charge in [0.2, 0.25) is 0 Å². The fourth-order valence-corrected chi connectivity index (χ4v) is 7.40. The van der Waals surface area contributed by atoms with Gasteiger partial charge in [-0.3, -0.25) is 0 Å². The molecule has 0 unspecified atom stereocenters. The molecular weight excluding hydrogens is 785 g/mol. The van der Waals surface area contributed by atoms with E-state index in [9.17, 15) is 25.9 Å². The van der Waals surface area contributed by atoms with Crippen LogP contribution in [0.3, 0.4) is 0 Å². The first kappa shape index (κ1) is 50.7. The summed E-state index contributed by atoms with van der Waals surface area (Å²) in [7, 11) is -8.96. The second-order valence-corrected chi connectivity index (χ2v) is 17.3. The van der Waals surface area contributed by atoms with Gasteiger partial charge in [0.1, 0.15) is 43.2 Å². The first-order valence-corrected chi connectivity index (χ1v) is 23.4. The van der Waals surface area contributed by atoms with Crippen molar-refractivity contribution >= 4 is 58.0 Å². The predicted octanol–water partition coefficient (Wildman–Crippen LogP) is 12.5. The van der Waals surface area contributed by atoms with Crippen molar-refractivity contribution in [1.29, 1.82) is 0 Å². The number of aryl methyl sites for hydroxylation is 2. The Bertz CT molecular complexity index is 1740. The number of ether oxygens (including phenoxy) is 2. The molecule has 4 rings (SSSR count). The van der Waals surface area contributed by atoms with Crippen molar-refractivity contribution in [3.63, 3.8) is 0 Å². The van der Waals surface area contributed by atoms with Gasteiger partial charge in [0.25, 0.3) is 0 Å². The van der Waals surface area contributed by atoms with Gasteiger partial charge in [0.15, 0.2) is 0 Å². The molecule has 0 saturated heterocycles. The van der Waals surface area contributed by atoms with Crippen molar-refractivity contribution < 1.29 is 35.4 Å². The minimum absolute atomic E-state index is 0. The Labute approximate surface area is 373 Å². The number of hydrogen-bond donors (Lipinski definition) is 0. The van der Waals surface area contributed by atoms with Gasteiger partial charge in [0, 0.05) is 0 Å². The van der Waals surface area contributed by atoms with Crippen molar-refractivity contribution in [1.82, 2.24) is 0 Å². The van der Waals surface area contributed by atoms with E-state index in [-0.39, 0.29) is 47.5 Å². The summed E-state index contributed by atoms with van der Waals surface area (Å²) in [6.07, 6.45) is 25.9. The third-order valence-corrected chi connectivity index (χ3v) is 11.3. The normalized spacial score (nSPS) is 11.3. The summed E-state index contributed by atoms with van der Waals surface area (Å²) in [6.45, 7) is 4.50. The van der Waals surface area contributed by atoms with E-state index in [1.54, 1.807) is 12.1 Å². The van der Waals surface area contributed by atoms with Gasteiger partial charge < -0.3 is 18.6 Å². The molecule has 0 aliphatic carbocycles. The van der Waals surface area contributed by atoms with E-state index in [0.29, 0.717) is 23.0 Å². The van der Waals surface area contributed by atoms with Gasteiger partial charge in [-0.15, -0.1) is 0 Å². The average Bonchev–Trinajstić information content (AvgIpc) is 3.18. The zero-order valence-corrected chi connectivity index (χ0v) is 38.0. The Hall–Kier alpha value is -2.44. The number of hydrogen-bond acceptors (Lipinski definition) is 8. The Kier molecular flexibility index (Phi) is 25.7. The molecule has 4 aromatic carbocycles. The molecule has 8 nitrogen and oxygen atoms in total. The van der Waals surface area contributed by atoms with Crippen molar-refractivity contribution in [2.45, 2.75) is 152 Å². The summed E-state index contributed by atoms with van der Waals surface area (Å²) >= 11 is 0. The number of benzene rings is 4. The van der Waals surface area contributed by atoms with Gasteiger partial charge in [-0.2, -0.15) is 0 Å². The first-order chi connectivity index (χ1) is 27.0. The van der Waals surface area contributed by atoms with Crippen LogP contribution in [0.5, 0.6) is 23.0 Å². The van der Waals surface area contributed by atoms with Crippen LogP contribution in [0.2, 0.25) is 0 Å². The smallest absolute Gasteiger partial charge is 0.744 e. The molecule has 11 heteroatoms. The zero-order valence-electron chi connectivity index (χ0n) is 34.2. The molecule has 0 saturated carbocycles. The Morgan fingerprint density at radius 1 is 0.404 bits per heavy atom. The average molecular weight is 847 g/mol. The van der Waals surface area contributed by atoms with Crippen LogP contribution in [-0.4, -0.2) is 63.7 Å². The van der Waals surface area contributed by atoms with E-state index >= 15 is 0 Å². The van der Waals surface area contributed by atoms with Crippen LogP contribution in [0.1, 0.15) is 141 Å². The molecule has 0 atom stereocenters. The van der Waals surface area contributed by atoms with Crippen LogP contribution in [-0.2, 0) is 33.1 Å². The maximum absolute atomic E-state index is 11.1. The third-order valence-electron chi connectivity index (χ3n) is 9.64. The van der Waals surface area contributed by atoms with Crippen molar-refractivity contribution in [3.8, 4) is 23.0 Å². The molecule has 0 N–H and O–H groups in total. The molecule has 0 amide bonds. The predicted molar refractivity (Wildman–Crippen MR) is 229 cm³/mol. The van der Waals surface area contributed by atoms with Gasteiger partial charge >= 0.3 is 37.7 Å². The Morgan fingerprint density at radius 2 is 0.702 bits per heavy atom. The van der Waals surface area contributed by atoms with Crippen LogP contribution in [0.4, 0.5) is 0 Å². The summed E-state index contributed by atoms with van der Waals surface area (Å²) in [5.74, 6) is 1.92. The van der Waals surface area contributed by atoms with Crippen LogP contribution in [0, 0.1) is 0 Å². The van der Waals surface area contributed by atoms with E-state index in [1.807, 2.05) is 48.5 Å². The van der Waals surface area contributed by atoms with Crippen LogP contribution in [0.15, 0.2) is 107 Å². The van der Waals surface area contributed by atoms with E-state index in [1.165, 1.54) is 163 Å². The second-order valence-electron chi connectivity index (χ2n) is 14.5. The van der Waals surface area contributed by atoms with Crippen LogP contribution >= 0.6 is 0 Å². The van der Waals surface area contributed by atoms with E-state index < -0.39 is 20.2 Å². The Morgan fingerprint density at radius 3 is 1.00 bits per heavy atom. The van der Waals surface area contributed by atoms with Gasteiger partial charge in [-0.25, -0.2) is 16.8 Å². The van der Waals surface area contributed by atoms with Gasteiger partial charge in [-0.1, -0.05) is 153 Å². The zero-order chi connectivity index (χ0) is 40.5. The molecule has 0 fully saturated rings. The minimum Gasteiger partial charge on any atom is -0.744 e. The molecule has 0 bridgehead atoms. The van der Waals surface area contributed by atoms with E-state index in [4.69, 9.17) is 9.47 Å². The van der Waals surface area contributed by atoms with Crippen molar-refractivity contribution in [3.05, 3.63) is 108 Å². The molecular formula is C46H62CaO8S2. The summed E-state index contributed by atoms with van der Waals surface area (Å²) < 4.78 is 77.9. The van der Waals surface area contributed by atoms with Gasteiger partial charge in [0.05, 0.1) is 9.79 Å². The maximum atomic E-state index is 11.1. The fourth-order valence-electron chi connectivity index (χ4n) is 6.39. The Balaban J connectivity index is 0.000000387. The summed E-state index contributed by atoms with van der Waals surface area (Å²) in [5, 5.41) is 0. The van der Waals surface area contributed by atoms with Crippen molar-refractivity contribution in [2.75, 3.05) is 0 Å². The van der Waals surface area contributed by atoms with Crippen LogP contribution in [0.25, 0.3) is 0 Å². The summed E-state index contributed by atoms with van der Waals surface area (Å²) in [6, 6.07) is 26.9. The van der Waals surface area contributed by atoms with E-state index in [2.05, 4.69) is 13.8 Å².